The summed E-state index contributed by atoms with van der Waals surface area (Å²) in [6.07, 6.45) is 4.55. The molecular weight excluding hydrogens is 326 g/mol. The number of anilines is 1. The summed E-state index contributed by atoms with van der Waals surface area (Å²) in [5.74, 6) is -0.0706. The third-order valence-electron chi connectivity index (χ3n) is 4.05. The van der Waals surface area contributed by atoms with Gasteiger partial charge in [0.25, 0.3) is 11.6 Å². The lowest BCUT2D eigenvalue weighted by Crippen LogP contribution is -2.28. The zero-order valence-electron chi connectivity index (χ0n) is 13.2. The van der Waals surface area contributed by atoms with E-state index in [9.17, 15) is 14.9 Å². The van der Waals surface area contributed by atoms with Crippen molar-refractivity contribution >= 4 is 28.6 Å². The van der Waals surface area contributed by atoms with E-state index in [4.69, 9.17) is 0 Å². The number of rotatable bonds is 6. The number of hydrogen-bond donors (Lipinski definition) is 2. The molecule has 0 unspecified atom stereocenters. The van der Waals surface area contributed by atoms with E-state index in [2.05, 4.69) is 10.6 Å². The smallest absolute Gasteiger partial charge is 0.292 e. The molecule has 3 rings (SSSR count). The fourth-order valence-corrected chi connectivity index (χ4v) is 4.02. The lowest BCUT2D eigenvalue weighted by atomic mass is 9.99. The quantitative estimate of drug-likeness (QED) is 0.477. The number of amides is 1. The van der Waals surface area contributed by atoms with Gasteiger partial charge in [-0.3, -0.25) is 14.9 Å². The van der Waals surface area contributed by atoms with E-state index in [1.54, 1.807) is 29.5 Å². The second kappa shape index (κ2) is 7.44. The molecule has 0 radical (unpaired) electrons. The van der Waals surface area contributed by atoms with Crippen LogP contribution in [0.1, 0.15) is 33.0 Å². The Morgan fingerprint density at radius 2 is 2.00 bits per heavy atom. The van der Waals surface area contributed by atoms with Crippen molar-refractivity contribution in [2.45, 2.75) is 25.7 Å². The molecule has 0 fully saturated rings. The topological polar surface area (TPSA) is 84.3 Å². The molecule has 1 aliphatic rings. The van der Waals surface area contributed by atoms with Crippen LogP contribution in [0.3, 0.4) is 0 Å². The fourth-order valence-electron chi connectivity index (χ4n) is 2.85. The number of carbonyl (C=O) groups is 1. The van der Waals surface area contributed by atoms with E-state index in [-0.39, 0.29) is 11.6 Å². The molecule has 1 amide bonds. The summed E-state index contributed by atoms with van der Waals surface area (Å²) in [6.45, 7) is 0.842. The van der Waals surface area contributed by atoms with Gasteiger partial charge in [0.05, 0.1) is 9.80 Å². The van der Waals surface area contributed by atoms with Crippen molar-refractivity contribution in [3.8, 4) is 0 Å². The van der Waals surface area contributed by atoms with Crippen LogP contribution >= 0.6 is 11.3 Å². The molecule has 0 spiro atoms. The SMILES string of the molecule is O=C(NCCNc1ccccc1[N+](=O)[O-])c1cc2c(s1)CCCC2. The van der Waals surface area contributed by atoms with Crippen molar-refractivity contribution < 1.29 is 9.72 Å². The first kappa shape index (κ1) is 16.4. The van der Waals surface area contributed by atoms with Crippen LogP contribution < -0.4 is 10.6 Å². The van der Waals surface area contributed by atoms with Gasteiger partial charge in [-0.1, -0.05) is 12.1 Å². The minimum atomic E-state index is -0.420. The van der Waals surface area contributed by atoms with Gasteiger partial charge in [0.2, 0.25) is 0 Å². The average molecular weight is 345 g/mol. The summed E-state index contributed by atoms with van der Waals surface area (Å²) in [4.78, 5) is 24.8. The minimum absolute atomic E-state index is 0.0368. The highest BCUT2D eigenvalue weighted by molar-refractivity contribution is 7.14. The number of para-hydroxylation sites is 2. The van der Waals surface area contributed by atoms with Gasteiger partial charge < -0.3 is 10.6 Å². The van der Waals surface area contributed by atoms with E-state index >= 15 is 0 Å². The van der Waals surface area contributed by atoms with Gasteiger partial charge in [-0.15, -0.1) is 11.3 Å². The van der Waals surface area contributed by atoms with Gasteiger partial charge in [-0.25, -0.2) is 0 Å². The Bertz CT molecular complexity index is 734. The van der Waals surface area contributed by atoms with Crippen molar-refractivity contribution in [3.63, 3.8) is 0 Å². The number of thiophene rings is 1. The number of fused-ring (bicyclic) bond motifs is 1. The third kappa shape index (κ3) is 3.73. The minimum Gasteiger partial charge on any atom is -0.378 e. The molecule has 2 N–H and O–H groups in total. The molecule has 0 atom stereocenters. The number of nitrogens with one attached hydrogen (secondary N) is 2. The molecule has 0 saturated carbocycles. The highest BCUT2D eigenvalue weighted by Crippen LogP contribution is 2.29. The molecule has 1 aromatic carbocycles. The lowest BCUT2D eigenvalue weighted by molar-refractivity contribution is -0.384. The lowest BCUT2D eigenvalue weighted by Gasteiger charge is -2.08. The van der Waals surface area contributed by atoms with Gasteiger partial charge in [-0.05, 0) is 43.4 Å². The predicted molar refractivity (Wildman–Crippen MR) is 94.9 cm³/mol. The van der Waals surface area contributed by atoms with Crippen molar-refractivity contribution in [2.24, 2.45) is 0 Å². The van der Waals surface area contributed by atoms with Crippen LogP contribution in [0.2, 0.25) is 0 Å². The van der Waals surface area contributed by atoms with Crippen molar-refractivity contribution in [2.75, 3.05) is 18.4 Å². The monoisotopic (exact) mass is 345 g/mol. The Morgan fingerprint density at radius 1 is 1.21 bits per heavy atom. The maximum Gasteiger partial charge on any atom is 0.292 e. The molecule has 0 saturated heterocycles. The van der Waals surface area contributed by atoms with E-state index in [0.717, 1.165) is 17.7 Å². The Labute approximate surface area is 144 Å². The molecule has 24 heavy (non-hydrogen) atoms. The van der Waals surface area contributed by atoms with Crippen LogP contribution in [0, 0.1) is 10.1 Å². The summed E-state index contributed by atoms with van der Waals surface area (Å²) in [6, 6.07) is 8.49. The molecule has 6 nitrogen and oxygen atoms in total. The highest BCUT2D eigenvalue weighted by atomic mass is 32.1. The third-order valence-corrected chi connectivity index (χ3v) is 5.28. The van der Waals surface area contributed by atoms with Crippen LogP contribution in [0.25, 0.3) is 0 Å². The first-order chi connectivity index (χ1) is 11.6. The number of hydrogen-bond acceptors (Lipinski definition) is 5. The fraction of sp³-hybridized carbons (Fsp3) is 0.353. The first-order valence-electron chi connectivity index (χ1n) is 8.02. The van der Waals surface area contributed by atoms with Gasteiger partial charge in [0.15, 0.2) is 0 Å². The number of nitrogens with zero attached hydrogens (tertiary/aromatic N) is 1. The zero-order valence-corrected chi connectivity index (χ0v) is 14.0. The van der Waals surface area contributed by atoms with Gasteiger partial charge in [0.1, 0.15) is 5.69 Å². The maximum atomic E-state index is 12.2. The Kier molecular flexibility index (Phi) is 5.10. The summed E-state index contributed by atoms with van der Waals surface area (Å²) in [7, 11) is 0. The number of aryl methyl sites for hydroxylation is 2. The molecule has 2 aromatic rings. The van der Waals surface area contributed by atoms with Crippen LogP contribution in [0.15, 0.2) is 30.3 Å². The van der Waals surface area contributed by atoms with Crippen LogP contribution in [-0.4, -0.2) is 23.9 Å². The Balaban J connectivity index is 1.51. The molecule has 1 aromatic heterocycles. The van der Waals surface area contributed by atoms with Crippen molar-refractivity contribution in [1.29, 1.82) is 0 Å². The number of carbonyl (C=O) groups excluding carboxylic acids is 1. The molecule has 0 bridgehead atoms. The number of nitro groups is 1. The Morgan fingerprint density at radius 3 is 2.79 bits per heavy atom. The summed E-state index contributed by atoms with van der Waals surface area (Å²) in [5, 5.41) is 16.8. The summed E-state index contributed by atoms with van der Waals surface area (Å²) in [5.41, 5.74) is 1.81. The van der Waals surface area contributed by atoms with Gasteiger partial charge >= 0.3 is 0 Å². The Hall–Kier alpha value is -2.41. The number of benzene rings is 1. The second-order valence-corrected chi connectivity index (χ2v) is 6.86. The van der Waals surface area contributed by atoms with Crippen LogP contribution in [0.4, 0.5) is 11.4 Å². The molecular formula is C17H19N3O3S. The van der Waals surface area contributed by atoms with E-state index in [1.165, 1.54) is 29.3 Å². The molecule has 7 heteroatoms. The maximum absolute atomic E-state index is 12.2. The van der Waals surface area contributed by atoms with Crippen molar-refractivity contribution in [1.82, 2.24) is 5.32 Å². The average Bonchev–Trinajstić information content (AvgIpc) is 3.03. The van der Waals surface area contributed by atoms with E-state index in [0.29, 0.717) is 18.8 Å². The molecule has 126 valence electrons. The molecule has 0 aliphatic heterocycles. The second-order valence-electron chi connectivity index (χ2n) is 5.72. The largest absolute Gasteiger partial charge is 0.378 e. The van der Waals surface area contributed by atoms with Crippen LogP contribution in [0.5, 0.6) is 0 Å². The van der Waals surface area contributed by atoms with E-state index < -0.39 is 4.92 Å². The predicted octanol–water partition coefficient (Wildman–Crippen LogP) is 3.38. The standard InChI is InChI=1S/C17H19N3O3S/c21-17(16-11-12-5-1-4-8-15(12)24-16)19-10-9-18-13-6-2-3-7-14(13)20(22)23/h2-3,6-7,11,18H,1,4-5,8-10H2,(H,19,21). The molecule has 1 heterocycles. The van der Waals surface area contributed by atoms with Gasteiger partial charge in [-0.2, -0.15) is 0 Å². The summed E-state index contributed by atoms with van der Waals surface area (Å²) < 4.78 is 0. The molecule has 1 aliphatic carbocycles. The number of nitro benzene ring substituents is 1. The zero-order chi connectivity index (χ0) is 16.9. The van der Waals surface area contributed by atoms with Crippen molar-refractivity contribution in [3.05, 3.63) is 55.8 Å². The summed E-state index contributed by atoms with van der Waals surface area (Å²) >= 11 is 1.58. The van der Waals surface area contributed by atoms with Gasteiger partial charge in [0, 0.05) is 24.0 Å². The highest BCUT2D eigenvalue weighted by Gasteiger charge is 2.17. The van der Waals surface area contributed by atoms with Crippen LogP contribution in [-0.2, 0) is 12.8 Å². The first-order valence-corrected chi connectivity index (χ1v) is 8.84. The normalized spacial score (nSPS) is 13.2. The van der Waals surface area contributed by atoms with E-state index in [1.807, 2.05) is 6.07 Å².